The first-order valence-electron chi connectivity index (χ1n) is 8.49. The monoisotopic (exact) mass is 391 g/mol. The Labute approximate surface area is 166 Å². The minimum atomic E-state index is 0.0718. The molecule has 0 amide bonds. The van der Waals surface area contributed by atoms with E-state index in [0.717, 1.165) is 22.0 Å². The van der Waals surface area contributed by atoms with Crippen LogP contribution >= 0.6 is 22.9 Å². The molecule has 0 N–H and O–H groups in total. The van der Waals surface area contributed by atoms with E-state index >= 15 is 0 Å². The van der Waals surface area contributed by atoms with Gasteiger partial charge in [-0.05, 0) is 18.2 Å². The molecule has 4 rings (SSSR count). The molecule has 0 saturated heterocycles. The summed E-state index contributed by atoms with van der Waals surface area (Å²) >= 11 is 7.53. The molecule has 2 aromatic carbocycles. The van der Waals surface area contributed by atoms with E-state index in [1.54, 1.807) is 11.3 Å². The van der Waals surface area contributed by atoms with E-state index in [1.807, 2.05) is 88.9 Å². The van der Waals surface area contributed by atoms with Crippen LogP contribution in [0.25, 0.3) is 22.0 Å². The van der Waals surface area contributed by atoms with Gasteiger partial charge in [0.25, 0.3) is 0 Å². The maximum absolute atomic E-state index is 12.6. The number of benzene rings is 2. The van der Waals surface area contributed by atoms with Gasteiger partial charge in [-0.3, -0.25) is 4.79 Å². The lowest BCUT2D eigenvalue weighted by Crippen LogP contribution is -2.39. The lowest BCUT2D eigenvalue weighted by Gasteiger charge is -2.02. The molecular formula is C22H16ClN2OS+. The Morgan fingerprint density at radius 2 is 1.70 bits per heavy atom. The summed E-state index contributed by atoms with van der Waals surface area (Å²) in [4.78, 5) is 17.4. The zero-order chi connectivity index (χ0) is 18.6. The number of carbonyl (C=O) groups is 1. The van der Waals surface area contributed by atoms with Gasteiger partial charge < -0.3 is 0 Å². The van der Waals surface area contributed by atoms with Crippen molar-refractivity contribution in [2.45, 2.75) is 6.54 Å². The number of nitrogens with zero attached hydrogens (tertiary/aromatic N) is 2. The van der Waals surface area contributed by atoms with Crippen LogP contribution in [0, 0.1) is 0 Å². The number of hydrogen-bond acceptors (Lipinski definition) is 3. The Morgan fingerprint density at radius 1 is 0.963 bits per heavy atom. The number of Topliss-reactive ketones (excluding diaryl/α,β-unsaturated/α-hetero) is 1. The summed E-state index contributed by atoms with van der Waals surface area (Å²) in [7, 11) is 0. The van der Waals surface area contributed by atoms with E-state index in [2.05, 4.69) is 0 Å². The van der Waals surface area contributed by atoms with Crippen molar-refractivity contribution in [2.24, 2.45) is 0 Å². The summed E-state index contributed by atoms with van der Waals surface area (Å²) < 4.78 is 1.94. The van der Waals surface area contributed by atoms with Gasteiger partial charge in [0.05, 0.1) is 5.69 Å². The fourth-order valence-electron chi connectivity index (χ4n) is 2.82. The molecule has 4 aromatic rings. The molecule has 2 aromatic heterocycles. The van der Waals surface area contributed by atoms with Crippen molar-refractivity contribution in [1.82, 2.24) is 4.98 Å². The number of aromatic nitrogens is 2. The molecule has 0 bridgehead atoms. The Bertz CT molecular complexity index is 1070. The first kappa shape index (κ1) is 17.6. The molecule has 0 aliphatic heterocycles. The first-order valence-corrected chi connectivity index (χ1v) is 9.75. The Kier molecular flexibility index (Phi) is 5.10. The third kappa shape index (κ3) is 3.97. The van der Waals surface area contributed by atoms with E-state index < -0.39 is 0 Å². The second-order valence-electron chi connectivity index (χ2n) is 6.05. The maximum Gasteiger partial charge on any atom is 0.241 e. The van der Waals surface area contributed by atoms with Crippen LogP contribution in [0.4, 0.5) is 0 Å². The van der Waals surface area contributed by atoms with Crippen molar-refractivity contribution in [3.8, 4) is 22.0 Å². The molecular weight excluding hydrogens is 376 g/mol. The number of pyridine rings is 1. The molecule has 132 valence electrons. The van der Waals surface area contributed by atoms with Crippen molar-refractivity contribution in [3.05, 3.63) is 95.0 Å². The molecule has 0 atom stereocenters. The Balaban J connectivity index is 1.63. The zero-order valence-corrected chi connectivity index (χ0v) is 16.0. The van der Waals surface area contributed by atoms with Crippen LogP contribution in [0.2, 0.25) is 5.02 Å². The highest BCUT2D eigenvalue weighted by Crippen LogP contribution is 2.28. The van der Waals surface area contributed by atoms with E-state index in [1.165, 1.54) is 0 Å². The van der Waals surface area contributed by atoms with Gasteiger partial charge >= 0.3 is 0 Å². The smallest absolute Gasteiger partial charge is 0.241 e. The van der Waals surface area contributed by atoms with Crippen LogP contribution in [0.3, 0.4) is 0 Å². The normalized spacial score (nSPS) is 10.7. The van der Waals surface area contributed by atoms with Gasteiger partial charge in [0.2, 0.25) is 18.0 Å². The van der Waals surface area contributed by atoms with Gasteiger partial charge in [0.1, 0.15) is 0 Å². The summed E-state index contributed by atoms with van der Waals surface area (Å²) in [6.07, 6.45) is 1.92. The van der Waals surface area contributed by atoms with Crippen molar-refractivity contribution < 1.29 is 9.36 Å². The second-order valence-corrected chi connectivity index (χ2v) is 7.34. The molecule has 3 nitrogen and oxygen atoms in total. The average molecular weight is 392 g/mol. The lowest BCUT2D eigenvalue weighted by molar-refractivity contribution is -0.672. The fourth-order valence-corrected chi connectivity index (χ4v) is 3.82. The summed E-state index contributed by atoms with van der Waals surface area (Å²) in [5.74, 6) is 0.0718. The molecule has 0 saturated carbocycles. The molecule has 27 heavy (non-hydrogen) atoms. The summed E-state index contributed by atoms with van der Waals surface area (Å²) in [6.45, 7) is 0.274. The van der Waals surface area contributed by atoms with Crippen LogP contribution in [-0.4, -0.2) is 10.8 Å². The fraction of sp³-hybridized carbons (Fsp3) is 0.0455. The number of hydrogen-bond donors (Lipinski definition) is 0. The number of rotatable bonds is 5. The summed E-state index contributed by atoms with van der Waals surface area (Å²) in [5, 5.41) is 3.60. The van der Waals surface area contributed by atoms with E-state index in [0.29, 0.717) is 10.6 Å². The predicted octanol–water partition coefficient (Wildman–Crippen LogP) is 5.30. The van der Waals surface area contributed by atoms with E-state index in [-0.39, 0.29) is 12.3 Å². The van der Waals surface area contributed by atoms with Crippen molar-refractivity contribution >= 4 is 28.7 Å². The molecule has 0 aliphatic carbocycles. The zero-order valence-electron chi connectivity index (χ0n) is 14.4. The standard InChI is InChI=1S/C22H16ClN2OS/c23-18-11-9-16(10-12-18)19-15-27-22(24-19)20-8-4-5-13-25(20)14-21(26)17-6-2-1-3-7-17/h1-13,15H,14H2/q+1. The highest BCUT2D eigenvalue weighted by atomic mass is 35.5. The quantitative estimate of drug-likeness (QED) is 0.341. The predicted molar refractivity (Wildman–Crippen MR) is 109 cm³/mol. The minimum Gasteiger partial charge on any atom is -0.287 e. The van der Waals surface area contributed by atoms with Gasteiger partial charge in [-0.15, -0.1) is 11.3 Å². The average Bonchev–Trinajstić information content (AvgIpc) is 3.19. The van der Waals surface area contributed by atoms with Crippen LogP contribution in [0.5, 0.6) is 0 Å². The molecule has 0 radical (unpaired) electrons. The Morgan fingerprint density at radius 3 is 2.48 bits per heavy atom. The minimum absolute atomic E-state index is 0.0718. The molecule has 0 spiro atoms. The van der Waals surface area contributed by atoms with Crippen molar-refractivity contribution in [3.63, 3.8) is 0 Å². The highest BCUT2D eigenvalue weighted by molar-refractivity contribution is 7.13. The highest BCUT2D eigenvalue weighted by Gasteiger charge is 2.20. The van der Waals surface area contributed by atoms with Crippen LogP contribution in [0.15, 0.2) is 84.4 Å². The van der Waals surface area contributed by atoms with Crippen molar-refractivity contribution in [2.75, 3.05) is 0 Å². The molecule has 2 heterocycles. The van der Waals surface area contributed by atoms with Gasteiger partial charge in [0, 0.05) is 33.7 Å². The van der Waals surface area contributed by atoms with Crippen molar-refractivity contribution in [1.29, 1.82) is 0 Å². The summed E-state index contributed by atoms with van der Waals surface area (Å²) in [5.41, 5.74) is 3.55. The molecule has 5 heteroatoms. The maximum atomic E-state index is 12.6. The molecule has 0 unspecified atom stereocenters. The third-order valence-electron chi connectivity index (χ3n) is 4.21. The lowest BCUT2D eigenvalue weighted by atomic mass is 10.1. The third-order valence-corrected chi connectivity index (χ3v) is 5.33. The van der Waals surface area contributed by atoms with Gasteiger partial charge in [-0.1, -0.05) is 54.1 Å². The van der Waals surface area contributed by atoms with Gasteiger partial charge in [-0.25, -0.2) is 4.98 Å². The van der Waals surface area contributed by atoms with E-state index in [9.17, 15) is 4.79 Å². The van der Waals surface area contributed by atoms with E-state index in [4.69, 9.17) is 16.6 Å². The van der Waals surface area contributed by atoms with Gasteiger partial charge in [0.15, 0.2) is 11.2 Å². The topological polar surface area (TPSA) is 33.8 Å². The Hall–Kier alpha value is -2.82. The van der Waals surface area contributed by atoms with Crippen LogP contribution in [0.1, 0.15) is 10.4 Å². The van der Waals surface area contributed by atoms with Crippen LogP contribution in [-0.2, 0) is 6.54 Å². The number of ketones is 1. The SMILES string of the molecule is O=C(C[n+]1ccccc1-c1nc(-c2ccc(Cl)cc2)cs1)c1ccccc1. The van der Waals surface area contributed by atoms with Gasteiger partial charge in [-0.2, -0.15) is 4.57 Å². The number of halogens is 1. The second kappa shape index (κ2) is 7.82. The summed E-state index contributed by atoms with van der Waals surface area (Å²) in [6, 6.07) is 22.9. The molecule has 0 fully saturated rings. The number of carbonyl (C=O) groups excluding carboxylic acids is 1. The number of thiazole rings is 1. The molecule has 0 aliphatic rings. The van der Waals surface area contributed by atoms with Crippen LogP contribution < -0.4 is 4.57 Å². The first-order chi connectivity index (χ1) is 13.2. The largest absolute Gasteiger partial charge is 0.287 e.